The molecule has 2 aromatic heterocycles. The zero-order valence-corrected chi connectivity index (χ0v) is 14.4. The lowest BCUT2D eigenvalue weighted by molar-refractivity contribution is -0.383. The largest absolute Gasteiger partial charge is 0.342 e. The third-order valence-corrected chi connectivity index (χ3v) is 4.41. The molecule has 0 unspecified atom stereocenters. The van der Waals surface area contributed by atoms with E-state index in [2.05, 4.69) is 20.3 Å². The fraction of sp³-hybridized carbons (Fsp3) is 0.118. The molecule has 2 aromatic carbocycles. The Morgan fingerprint density at radius 3 is 2.56 bits per heavy atom. The first-order chi connectivity index (χ1) is 13.0. The summed E-state index contributed by atoms with van der Waals surface area (Å²) in [5, 5.41) is 21.8. The van der Waals surface area contributed by atoms with E-state index in [-0.39, 0.29) is 28.1 Å². The molecule has 136 valence electrons. The van der Waals surface area contributed by atoms with Crippen molar-refractivity contribution in [2.75, 3.05) is 5.32 Å². The van der Waals surface area contributed by atoms with Gasteiger partial charge >= 0.3 is 0 Å². The van der Waals surface area contributed by atoms with Crippen LogP contribution in [0.2, 0.25) is 0 Å². The highest BCUT2D eigenvalue weighted by atomic mass is 16.6. The van der Waals surface area contributed by atoms with Gasteiger partial charge in [0.2, 0.25) is 0 Å². The molecule has 0 fully saturated rings. The second-order valence-electron chi connectivity index (χ2n) is 5.91. The minimum Gasteiger partial charge on any atom is -0.342 e. The molecule has 0 aliphatic carbocycles. The summed E-state index contributed by atoms with van der Waals surface area (Å²) in [4.78, 5) is 23.9. The summed E-state index contributed by atoms with van der Waals surface area (Å²) in [5.74, 6) is 0. The van der Waals surface area contributed by atoms with Gasteiger partial charge in [-0.25, -0.2) is 9.31 Å². The zero-order chi connectivity index (χ0) is 19.1. The molecule has 4 rings (SSSR count). The van der Waals surface area contributed by atoms with Crippen LogP contribution in [-0.4, -0.2) is 24.6 Å². The van der Waals surface area contributed by atoms with E-state index in [0.717, 1.165) is 0 Å². The number of nitro groups is 1. The smallest absolute Gasteiger partial charge is 0.295 e. The molecule has 0 bridgehead atoms. The van der Waals surface area contributed by atoms with Gasteiger partial charge in [-0.05, 0) is 35.4 Å². The van der Waals surface area contributed by atoms with Crippen LogP contribution in [0.15, 0.2) is 51.9 Å². The van der Waals surface area contributed by atoms with Crippen molar-refractivity contribution in [3.63, 3.8) is 0 Å². The Bertz CT molecular complexity index is 1220. The maximum atomic E-state index is 13.0. The molecule has 1 N–H and O–H groups in total. The molecule has 2 heterocycles. The first kappa shape index (κ1) is 16.5. The van der Waals surface area contributed by atoms with Crippen molar-refractivity contribution in [1.29, 1.82) is 0 Å². The number of anilines is 2. The number of fused-ring (bicyclic) bond motifs is 1. The molecule has 4 aromatic rings. The van der Waals surface area contributed by atoms with Crippen LogP contribution in [0.5, 0.6) is 0 Å². The minimum atomic E-state index is -0.551. The Balaban J connectivity index is 1.92. The van der Waals surface area contributed by atoms with Crippen molar-refractivity contribution in [3.05, 3.63) is 68.6 Å². The third kappa shape index (κ3) is 2.54. The Morgan fingerprint density at radius 1 is 1.11 bits per heavy atom. The first-order valence-corrected chi connectivity index (χ1v) is 7.99. The van der Waals surface area contributed by atoms with E-state index in [1.54, 1.807) is 30.8 Å². The maximum absolute atomic E-state index is 13.0. The summed E-state index contributed by atoms with van der Waals surface area (Å²) in [6, 6.07) is 11.8. The van der Waals surface area contributed by atoms with Crippen molar-refractivity contribution >= 4 is 28.1 Å². The molecule has 0 aliphatic rings. The number of hydrogen-bond donors (Lipinski definition) is 1. The molecular weight excluding hydrogens is 352 g/mol. The SMILES string of the molecule is Cc1c(Nc2c([N+](=O)[O-])ccc3nonc23)c(=O)n(-c2ccccc2)n1C. The number of nitrogens with zero attached hydrogens (tertiary/aromatic N) is 5. The fourth-order valence-electron chi connectivity index (χ4n) is 2.95. The van der Waals surface area contributed by atoms with Crippen LogP contribution < -0.4 is 10.9 Å². The number of aromatic nitrogens is 4. The average Bonchev–Trinajstić information content (AvgIpc) is 3.22. The van der Waals surface area contributed by atoms with E-state index in [9.17, 15) is 14.9 Å². The maximum Gasteiger partial charge on any atom is 0.295 e. The molecule has 0 saturated heterocycles. The van der Waals surface area contributed by atoms with Crippen LogP contribution in [0.4, 0.5) is 17.1 Å². The van der Waals surface area contributed by atoms with Crippen LogP contribution in [0.1, 0.15) is 5.69 Å². The highest BCUT2D eigenvalue weighted by molar-refractivity contribution is 5.94. The second kappa shape index (κ2) is 6.09. The van der Waals surface area contributed by atoms with E-state index < -0.39 is 4.92 Å². The predicted molar refractivity (Wildman–Crippen MR) is 97.5 cm³/mol. The van der Waals surface area contributed by atoms with Gasteiger partial charge in [0.15, 0.2) is 5.52 Å². The Hall–Kier alpha value is -3.95. The van der Waals surface area contributed by atoms with E-state index in [1.807, 2.05) is 18.2 Å². The molecule has 0 atom stereocenters. The molecule has 0 amide bonds. The number of hydrogen-bond acceptors (Lipinski definition) is 7. The van der Waals surface area contributed by atoms with Crippen molar-refractivity contribution in [1.82, 2.24) is 19.7 Å². The summed E-state index contributed by atoms with van der Waals surface area (Å²) in [5.41, 5.74) is 1.50. The van der Waals surface area contributed by atoms with Gasteiger partial charge in [0.25, 0.3) is 11.2 Å². The number of para-hydroxylation sites is 1. The summed E-state index contributed by atoms with van der Waals surface area (Å²) in [6.45, 7) is 1.75. The molecule has 10 heteroatoms. The van der Waals surface area contributed by atoms with Crippen LogP contribution >= 0.6 is 0 Å². The van der Waals surface area contributed by atoms with E-state index >= 15 is 0 Å². The van der Waals surface area contributed by atoms with Crippen molar-refractivity contribution in [2.45, 2.75) is 6.92 Å². The molecule has 0 saturated carbocycles. The van der Waals surface area contributed by atoms with Gasteiger partial charge < -0.3 is 5.32 Å². The topological polar surface area (TPSA) is 121 Å². The number of nitro benzene ring substituents is 1. The molecule has 0 aliphatic heterocycles. The quantitative estimate of drug-likeness (QED) is 0.435. The molecule has 27 heavy (non-hydrogen) atoms. The monoisotopic (exact) mass is 366 g/mol. The summed E-state index contributed by atoms with van der Waals surface area (Å²) in [6.07, 6.45) is 0. The van der Waals surface area contributed by atoms with Gasteiger partial charge in [0.1, 0.15) is 16.9 Å². The number of rotatable bonds is 4. The van der Waals surface area contributed by atoms with E-state index in [4.69, 9.17) is 0 Å². The molecule has 0 spiro atoms. The summed E-state index contributed by atoms with van der Waals surface area (Å²) >= 11 is 0. The van der Waals surface area contributed by atoms with E-state index in [0.29, 0.717) is 16.9 Å². The van der Waals surface area contributed by atoms with Gasteiger partial charge in [-0.2, -0.15) is 0 Å². The predicted octanol–water partition coefficient (Wildman–Crippen LogP) is 2.67. The normalized spacial score (nSPS) is 11.0. The van der Waals surface area contributed by atoms with E-state index in [1.165, 1.54) is 16.8 Å². The Kier molecular flexibility index (Phi) is 3.73. The zero-order valence-electron chi connectivity index (χ0n) is 14.4. The van der Waals surface area contributed by atoms with Crippen LogP contribution in [0.25, 0.3) is 16.7 Å². The van der Waals surface area contributed by atoms with Gasteiger partial charge in [-0.1, -0.05) is 18.2 Å². The summed E-state index contributed by atoms with van der Waals surface area (Å²) in [7, 11) is 1.74. The third-order valence-electron chi connectivity index (χ3n) is 4.41. The van der Waals surface area contributed by atoms with Crippen molar-refractivity contribution < 1.29 is 9.55 Å². The number of benzene rings is 2. The van der Waals surface area contributed by atoms with Crippen molar-refractivity contribution in [3.8, 4) is 5.69 Å². The highest BCUT2D eigenvalue weighted by Gasteiger charge is 2.24. The lowest BCUT2D eigenvalue weighted by atomic mass is 10.2. The lowest BCUT2D eigenvalue weighted by Gasteiger charge is -2.07. The Morgan fingerprint density at radius 2 is 1.85 bits per heavy atom. The molecule has 0 radical (unpaired) electrons. The van der Waals surface area contributed by atoms with Gasteiger partial charge in [-0.3, -0.25) is 19.6 Å². The fourth-order valence-corrected chi connectivity index (χ4v) is 2.95. The lowest BCUT2D eigenvalue weighted by Crippen LogP contribution is -2.20. The van der Waals surface area contributed by atoms with Gasteiger partial charge in [-0.15, -0.1) is 0 Å². The average molecular weight is 366 g/mol. The summed E-state index contributed by atoms with van der Waals surface area (Å²) < 4.78 is 7.84. The Labute approximate surface area is 151 Å². The van der Waals surface area contributed by atoms with Crippen molar-refractivity contribution in [2.24, 2.45) is 7.05 Å². The first-order valence-electron chi connectivity index (χ1n) is 7.99. The van der Waals surface area contributed by atoms with Gasteiger partial charge in [0.05, 0.1) is 16.3 Å². The number of nitrogens with one attached hydrogen (secondary N) is 1. The standard InChI is InChI=1S/C17H14N6O4/c1-10-14(17(24)22(21(10)2)11-6-4-3-5-7-11)18-16-13(23(25)26)9-8-12-15(16)20-27-19-12/h3-9,18H,1-2H3. The molecule has 10 nitrogen and oxygen atoms in total. The van der Waals surface area contributed by atoms with Crippen LogP contribution in [0, 0.1) is 17.0 Å². The second-order valence-corrected chi connectivity index (χ2v) is 5.91. The molecular formula is C17H14N6O4. The highest BCUT2D eigenvalue weighted by Crippen LogP contribution is 2.33. The van der Waals surface area contributed by atoms with Crippen LogP contribution in [0.3, 0.4) is 0 Å². The van der Waals surface area contributed by atoms with Gasteiger partial charge in [0, 0.05) is 13.1 Å². The minimum absolute atomic E-state index is 0.0600. The van der Waals surface area contributed by atoms with Crippen LogP contribution in [-0.2, 0) is 7.05 Å².